The van der Waals surface area contributed by atoms with Gasteiger partial charge in [-0.1, -0.05) is 19.9 Å². The zero-order valence-electron chi connectivity index (χ0n) is 14.0. The number of aromatic nitrogens is 1. The van der Waals surface area contributed by atoms with E-state index in [1.165, 1.54) is 18.2 Å². The van der Waals surface area contributed by atoms with Crippen molar-refractivity contribution in [1.29, 1.82) is 0 Å². The maximum absolute atomic E-state index is 13.2. The standard InChI is InChI=1S/C18H21FN2O2/c1-10(2)15-11(3)21(5)12(4)16(17(15)22)18(23)20-14-8-6-7-13(19)9-14/h6-10H,1-5H3,(H,20,23). The molecule has 122 valence electrons. The highest BCUT2D eigenvalue weighted by atomic mass is 19.1. The lowest BCUT2D eigenvalue weighted by molar-refractivity contribution is 0.102. The molecule has 1 aromatic heterocycles. The highest BCUT2D eigenvalue weighted by Crippen LogP contribution is 2.19. The fourth-order valence-electron chi connectivity index (χ4n) is 2.77. The lowest BCUT2D eigenvalue weighted by atomic mass is 9.97. The molecule has 0 aliphatic heterocycles. The van der Waals surface area contributed by atoms with Gasteiger partial charge < -0.3 is 9.88 Å². The van der Waals surface area contributed by atoms with Crippen LogP contribution >= 0.6 is 0 Å². The van der Waals surface area contributed by atoms with Crippen LogP contribution in [0, 0.1) is 19.7 Å². The van der Waals surface area contributed by atoms with E-state index < -0.39 is 11.7 Å². The summed E-state index contributed by atoms with van der Waals surface area (Å²) in [5, 5.41) is 2.60. The van der Waals surface area contributed by atoms with Crippen LogP contribution in [0.15, 0.2) is 29.1 Å². The summed E-state index contributed by atoms with van der Waals surface area (Å²) in [7, 11) is 1.83. The number of carbonyl (C=O) groups is 1. The molecule has 1 aromatic carbocycles. The average Bonchev–Trinajstić information content (AvgIpc) is 2.44. The number of anilines is 1. The van der Waals surface area contributed by atoms with E-state index in [0.717, 1.165) is 5.69 Å². The molecule has 0 saturated carbocycles. The van der Waals surface area contributed by atoms with E-state index in [0.29, 0.717) is 16.9 Å². The topological polar surface area (TPSA) is 51.1 Å². The molecule has 2 aromatic rings. The lowest BCUT2D eigenvalue weighted by Crippen LogP contribution is -2.30. The maximum Gasteiger partial charge on any atom is 0.261 e. The van der Waals surface area contributed by atoms with E-state index in [2.05, 4.69) is 5.32 Å². The van der Waals surface area contributed by atoms with Gasteiger partial charge in [0.15, 0.2) is 5.43 Å². The van der Waals surface area contributed by atoms with Crippen molar-refractivity contribution in [3.8, 4) is 0 Å². The molecule has 0 fully saturated rings. The van der Waals surface area contributed by atoms with Gasteiger partial charge in [0.1, 0.15) is 11.4 Å². The summed E-state index contributed by atoms with van der Waals surface area (Å²) < 4.78 is 15.1. The summed E-state index contributed by atoms with van der Waals surface area (Å²) in [6.07, 6.45) is 0. The number of hydrogen-bond acceptors (Lipinski definition) is 2. The molecule has 2 rings (SSSR count). The van der Waals surface area contributed by atoms with Crippen molar-refractivity contribution in [3.05, 3.63) is 62.8 Å². The molecule has 1 amide bonds. The number of amides is 1. The zero-order chi connectivity index (χ0) is 17.3. The minimum Gasteiger partial charge on any atom is -0.351 e. The summed E-state index contributed by atoms with van der Waals surface area (Å²) in [6, 6.07) is 5.60. The van der Waals surface area contributed by atoms with Crippen LogP contribution in [0.4, 0.5) is 10.1 Å². The van der Waals surface area contributed by atoms with Crippen molar-refractivity contribution in [3.63, 3.8) is 0 Å². The molecule has 0 saturated heterocycles. The van der Waals surface area contributed by atoms with E-state index in [1.54, 1.807) is 13.0 Å². The second-order valence-corrected chi connectivity index (χ2v) is 5.97. The van der Waals surface area contributed by atoms with Crippen LogP contribution in [0.25, 0.3) is 0 Å². The maximum atomic E-state index is 13.2. The van der Waals surface area contributed by atoms with E-state index in [4.69, 9.17) is 0 Å². The monoisotopic (exact) mass is 316 g/mol. The molecule has 5 heteroatoms. The van der Waals surface area contributed by atoms with Gasteiger partial charge in [-0.25, -0.2) is 4.39 Å². The van der Waals surface area contributed by atoms with E-state index >= 15 is 0 Å². The third-order valence-electron chi connectivity index (χ3n) is 4.12. The highest BCUT2D eigenvalue weighted by Gasteiger charge is 2.22. The summed E-state index contributed by atoms with van der Waals surface area (Å²) in [5.41, 5.74) is 2.23. The van der Waals surface area contributed by atoms with Crippen molar-refractivity contribution in [1.82, 2.24) is 4.57 Å². The molecule has 0 atom stereocenters. The number of carbonyl (C=O) groups excluding carboxylic acids is 1. The zero-order valence-corrected chi connectivity index (χ0v) is 14.0. The number of hydrogen-bond donors (Lipinski definition) is 1. The van der Waals surface area contributed by atoms with Gasteiger partial charge in [-0.15, -0.1) is 0 Å². The SMILES string of the molecule is Cc1c(C(=O)Nc2cccc(F)c2)c(=O)c(C(C)C)c(C)n1C. The van der Waals surface area contributed by atoms with E-state index in [9.17, 15) is 14.0 Å². The van der Waals surface area contributed by atoms with Gasteiger partial charge in [-0.05, 0) is 38.0 Å². The third-order valence-corrected chi connectivity index (χ3v) is 4.12. The van der Waals surface area contributed by atoms with Crippen LogP contribution in [0.1, 0.15) is 47.1 Å². The molecular formula is C18H21FN2O2. The Bertz CT molecular complexity index is 823. The second-order valence-electron chi connectivity index (χ2n) is 5.97. The quantitative estimate of drug-likeness (QED) is 0.942. The number of halogens is 1. The molecule has 1 heterocycles. The van der Waals surface area contributed by atoms with Gasteiger partial charge in [0, 0.05) is 29.7 Å². The Morgan fingerprint density at radius 1 is 1.22 bits per heavy atom. The summed E-state index contributed by atoms with van der Waals surface area (Å²) >= 11 is 0. The number of rotatable bonds is 3. The van der Waals surface area contributed by atoms with Gasteiger partial charge >= 0.3 is 0 Å². The Labute approximate surface area is 135 Å². The molecule has 0 aliphatic rings. The molecule has 0 spiro atoms. The first-order chi connectivity index (χ1) is 10.7. The predicted octanol–water partition coefficient (Wildman–Crippen LogP) is 3.52. The van der Waals surface area contributed by atoms with Crippen molar-refractivity contribution in [2.45, 2.75) is 33.6 Å². The van der Waals surface area contributed by atoms with Crippen molar-refractivity contribution in [2.24, 2.45) is 7.05 Å². The van der Waals surface area contributed by atoms with Crippen LogP contribution in [-0.2, 0) is 7.05 Å². The molecule has 23 heavy (non-hydrogen) atoms. The minimum atomic E-state index is -0.518. The number of nitrogens with zero attached hydrogens (tertiary/aromatic N) is 1. The van der Waals surface area contributed by atoms with Crippen LogP contribution in [0.2, 0.25) is 0 Å². The third kappa shape index (κ3) is 3.18. The lowest BCUT2D eigenvalue weighted by Gasteiger charge is -2.19. The van der Waals surface area contributed by atoms with Crippen LogP contribution < -0.4 is 10.7 Å². The summed E-state index contributed by atoms with van der Waals surface area (Å²) in [5.74, 6) is -0.954. The average molecular weight is 316 g/mol. The van der Waals surface area contributed by atoms with Crippen LogP contribution in [-0.4, -0.2) is 10.5 Å². The Hall–Kier alpha value is -2.43. The molecule has 0 bridgehead atoms. The minimum absolute atomic E-state index is 0.00928. The molecular weight excluding hydrogens is 295 g/mol. The number of benzene rings is 1. The highest BCUT2D eigenvalue weighted by molar-refractivity contribution is 6.05. The summed E-state index contributed by atoms with van der Waals surface area (Å²) in [4.78, 5) is 25.3. The molecule has 0 aliphatic carbocycles. The van der Waals surface area contributed by atoms with Crippen molar-refractivity contribution in [2.75, 3.05) is 5.32 Å². The van der Waals surface area contributed by atoms with E-state index in [1.807, 2.05) is 32.4 Å². The smallest absolute Gasteiger partial charge is 0.261 e. The Morgan fingerprint density at radius 2 is 1.87 bits per heavy atom. The molecule has 0 radical (unpaired) electrons. The largest absolute Gasteiger partial charge is 0.351 e. The fourth-order valence-corrected chi connectivity index (χ4v) is 2.77. The van der Waals surface area contributed by atoms with Gasteiger partial charge in [0.25, 0.3) is 5.91 Å². The van der Waals surface area contributed by atoms with Gasteiger partial charge in [0.05, 0.1) is 0 Å². The normalized spacial score (nSPS) is 10.9. The van der Waals surface area contributed by atoms with Gasteiger partial charge in [0.2, 0.25) is 0 Å². The second kappa shape index (κ2) is 6.36. The summed E-state index contributed by atoms with van der Waals surface area (Å²) in [6.45, 7) is 7.46. The molecule has 0 unspecified atom stereocenters. The first-order valence-corrected chi connectivity index (χ1v) is 7.51. The van der Waals surface area contributed by atoms with Gasteiger partial charge in [-0.2, -0.15) is 0 Å². The number of pyridine rings is 1. The van der Waals surface area contributed by atoms with Crippen molar-refractivity contribution >= 4 is 11.6 Å². The Kier molecular flexibility index (Phi) is 4.68. The Morgan fingerprint density at radius 3 is 2.43 bits per heavy atom. The van der Waals surface area contributed by atoms with Crippen LogP contribution in [0.5, 0.6) is 0 Å². The Balaban J connectivity index is 2.55. The molecule has 1 N–H and O–H groups in total. The number of nitrogens with one attached hydrogen (secondary N) is 1. The van der Waals surface area contributed by atoms with Gasteiger partial charge in [-0.3, -0.25) is 9.59 Å². The molecule has 4 nitrogen and oxygen atoms in total. The van der Waals surface area contributed by atoms with Crippen molar-refractivity contribution < 1.29 is 9.18 Å². The van der Waals surface area contributed by atoms with Crippen LogP contribution in [0.3, 0.4) is 0 Å². The predicted molar refractivity (Wildman–Crippen MR) is 89.6 cm³/mol. The fraction of sp³-hybridized carbons (Fsp3) is 0.333. The van der Waals surface area contributed by atoms with E-state index in [-0.39, 0.29) is 16.9 Å². The first kappa shape index (κ1) is 16.9. The first-order valence-electron chi connectivity index (χ1n) is 7.51.